The molecule has 1 aliphatic rings. The van der Waals surface area contributed by atoms with Crippen LogP contribution in [0.25, 0.3) is 21.8 Å². The molecule has 1 aliphatic carbocycles. The Morgan fingerprint density at radius 2 is 1.86 bits per heavy atom. The molecule has 5 rings (SSSR count). The van der Waals surface area contributed by atoms with Crippen molar-refractivity contribution in [2.24, 2.45) is 11.8 Å². The number of aromatic nitrogens is 2. The maximum atomic E-state index is 13.5. The van der Waals surface area contributed by atoms with E-state index in [1.807, 2.05) is 55.6 Å². The summed E-state index contributed by atoms with van der Waals surface area (Å²) >= 11 is 6.40. The highest BCUT2D eigenvalue weighted by molar-refractivity contribution is 6.32. The zero-order valence-corrected chi connectivity index (χ0v) is 21.3. The number of ether oxygens (including phenoxy) is 1. The molecule has 1 N–H and O–H groups in total. The molecule has 36 heavy (non-hydrogen) atoms. The molecule has 1 fully saturated rings. The number of pyridine rings is 1. The van der Waals surface area contributed by atoms with Gasteiger partial charge in [0.2, 0.25) is 0 Å². The van der Waals surface area contributed by atoms with Gasteiger partial charge in [-0.3, -0.25) is 14.6 Å². The minimum absolute atomic E-state index is 0.0179. The van der Waals surface area contributed by atoms with Crippen LogP contribution in [0.5, 0.6) is 0 Å². The molecule has 1 atom stereocenters. The van der Waals surface area contributed by atoms with Crippen molar-refractivity contribution in [2.45, 2.75) is 45.2 Å². The Kier molecular flexibility index (Phi) is 6.97. The second kappa shape index (κ2) is 10.3. The fourth-order valence-electron chi connectivity index (χ4n) is 5.41. The van der Waals surface area contributed by atoms with E-state index in [-0.39, 0.29) is 23.8 Å². The molecule has 6 nitrogen and oxygen atoms in total. The SMILES string of the molecule is COC(=O)C1CCC([C@H](C)NC(=O)c2cc(Cl)cc3ccn(Cc4ccc5ccccc5n4)c23)CC1. The number of nitrogens with one attached hydrogen (secondary N) is 1. The highest BCUT2D eigenvalue weighted by Crippen LogP contribution is 2.32. The fraction of sp³-hybridized carbons (Fsp3) is 0.345. The standard InChI is InChI=1S/C29H30ClN3O3/c1-18(19-7-9-21(10-8-19)29(35)36-2)31-28(34)25-16-23(30)15-22-13-14-33(27(22)25)17-24-12-11-20-5-3-4-6-26(20)32-24/h3-6,11-16,18-19,21H,7-10,17H2,1-2H3,(H,31,34)/t18-,19?,21?/m0/s1. The van der Waals surface area contributed by atoms with Crippen molar-refractivity contribution < 1.29 is 14.3 Å². The Bertz CT molecular complexity index is 1420. The van der Waals surface area contributed by atoms with Crippen molar-refractivity contribution in [3.05, 3.63) is 77.1 Å². The van der Waals surface area contributed by atoms with Crippen molar-refractivity contribution in [3.63, 3.8) is 0 Å². The third kappa shape index (κ3) is 4.96. The highest BCUT2D eigenvalue weighted by Gasteiger charge is 2.30. The highest BCUT2D eigenvalue weighted by atomic mass is 35.5. The van der Waals surface area contributed by atoms with Gasteiger partial charge >= 0.3 is 5.97 Å². The van der Waals surface area contributed by atoms with Gasteiger partial charge in [0.25, 0.3) is 5.91 Å². The smallest absolute Gasteiger partial charge is 0.308 e. The second-order valence-corrected chi connectivity index (χ2v) is 10.2. The van der Waals surface area contributed by atoms with Gasteiger partial charge in [-0.1, -0.05) is 35.9 Å². The molecule has 0 spiro atoms. The Morgan fingerprint density at radius 3 is 2.64 bits per heavy atom. The zero-order valence-electron chi connectivity index (χ0n) is 20.5. The average Bonchev–Trinajstić information content (AvgIpc) is 3.29. The van der Waals surface area contributed by atoms with E-state index in [9.17, 15) is 9.59 Å². The molecule has 2 heterocycles. The Balaban J connectivity index is 1.36. The summed E-state index contributed by atoms with van der Waals surface area (Å²) in [6.07, 6.45) is 5.33. The normalized spacial score (nSPS) is 18.8. The molecule has 2 aromatic heterocycles. The van der Waals surface area contributed by atoms with Gasteiger partial charge in [-0.15, -0.1) is 0 Å². The van der Waals surface area contributed by atoms with E-state index in [4.69, 9.17) is 21.3 Å². The fourth-order valence-corrected chi connectivity index (χ4v) is 5.64. The van der Waals surface area contributed by atoms with E-state index in [0.29, 0.717) is 23.0 Å². The van der Waals surface area contributed by atoms with Crippen molar-refractivity contribution >= 4 is 45.3 Å². The molecule has 0 bridgehead atoms. The maximum Gasteiger partial charge on any atom is 0.308 e. The molecule has 1 amide bonds. The minimum atomic E-state index is -0.142. The second-order valence-electron chi connectivity index (χ2n) is 9.73. The molecule has 0 saturated heterocycles. The van der Waals surface area contributed by atoms with Gasteiger partial charge < -0.3 is 14.6 Å². The Morgan fingerprint density at radius 1 is 1.08 bits per heavy atom. The lowest BCUT2D eigenvalue weighted by atomic mass is 9.79. The molecule has 0 radical (unpaired) electrons. The molecule has 4 aromatic rings. The number of fused-ring (bicyclic) bond motifs is 2. The lowest BCUT2D eigenvalue weighted by Gasteiger charge is -2.31. The first-order valence-electron chi connectivity index (χ1n) is 12.4. The summed E-state index contributed by atoms with van der Waals surface area (Å²) in [5.74, 6) is 0.0106. The van der Waals surface area contributed by atoms with E-state index in [1.165, 1.54) is 7.11 Å². The molecule has 186 valence electrons. The first-order valence-corrected chi connectivity index (χ1v) is 12.8. The quantitative estimate of drug-likeness (QED) is 0.328. The van der Waals surface area contributed by atoms with Crippen molar-refractivity contribution in [1.82, 2.24) is 14.9 Å². The third-order valence-electron chi connectivity index (χ3n) is 7.43. The predicted octanol–water partition coefficient (Wildman–Crippen LogP) is 5.99. The lowest BCUT2D eigenvalue weighted by molar-refractivity contribution is -0.146. The number of nitrogens with zero attached hydrogens (tertiary/aromatic N) is 2. The number of methoxy groups -OCH3 is 1. The van der Waals surface area contributed by atoms with Crippen molar-refractivity contribution in [2.75, 3.05) is 7.11 Å². The lowest BCUT2D eigenvalue weighted by Crippen LogP contribution is -2.40. The number of hydrogen-bond acceptors (Lipinski definition) is 4. The van der Waals surface area contributed by atoms with E-state index < -0.39 is 0 Å². The largest absolute Gasteiger partial charge is 0.469 e. The van der Waals surface area contributed by atoms with Gasteiger partial charge in [0.15, 0.2) is 0 Å². The summed E-state index contributed by atoms with van der Waals surface area (Å²) < 4.78 is 6.96. The summed E-state index contributed by atoms with van der Waals surface area (Å²) in [5.41, 5.74) is 3.26. The van der Waals surface area contributed by atoms with Crippen LogP contribution in [0.2, 0.25) is 5.02 Å². The summed E-state index contributed by atoms with van der Waals surface area (Å²) in [7, 11) is 1.44. The molecule has 0 aliphatic heterocycles. The van der Waals surface area contributed by atoms with E-state index >= 15 is 0 Å². The van der Waals surface area contributed by atoms with Gasteiger partial charge in [0.05, 0.1) is 41.9 Å². The number of rotatable bonds is 6. The Hall–Kier alpha value is -3.38. The first kappa shape index (κ1) is 24.3. The number of hydrogen-bond donors (Lipinski definition) is 1. The van der Waals surface area contributed by atoms with Gasteiger partial charge in [-0.2, -0.15) is 0 Å². The first-order chi connectivity index (χ1) is 17.4. The van der Waals surface area contributed by atoms with Crippen LogP contribution in [0.3, 0.4) is 0 Å². The minimum Gasteiger partial charge on any atom is -0.469 e. The molecular formula is C29H30ClN3O3. The van der Waals surface area contributed by atoms with E-state index in [1.54, 1.807) is 6.07 Å². The third-order valence-corrected chi connectivity index (χ3v) is 7.65. The molecule has 2 aromatic carbocycles. The summed E-state index contributed by atoms with van der Waals surface area (Å²) in [4.78, 5) is 30.1. The topological polar surface area (TPSA) is 73.2 Å². The summed E-state index contributed by atoms with van der Waals surface area (Å²) in [6, 6.07) is 17.7. The van der Waals surface area contributed by atoms with Crippen LogP contribution in [-0.4, -0.2) is 34.6 Å². The summed E-state index contributed by atoms with van der Waals surface area (Å²) in [6.45, 7) is 2.59. The zero-order chi connectivity index (χ0) is 25.2. The van der Waals surface area contributed by atoms with E-state index in [0.717, 1.165) is 53.2 Å². The van der Waals surface area contributed by atoms with Crippen LogP contribution in [0.4, 0.5) is 0 Å². The summed E-state index contributed by atoms with van der Waals surface area (Å²) in [5, 5.41) is 5.75. The number of halogens is 1. The monoisotopic (exact) mass is 503 g/mol. The van der Waals surface area contributed by atoms with Gasteiger partial charge in [-0.25, -0.2) is 0 Å². The number of esters is 1. The number of amides is 1. The van der Waals surface area contributed by atoms with Crippen LogP contribution in [0.1, 0.15) is 48.7 Å². The van der Waals surface area contributed by atoms with Crippen LogP contribution in [0.15, 0.2) is 60.8 Å². The van der Waals surface area contributed by atoms with Gasteiger partial charge in [-0.05, 0) is 68.9 Å². The van der Waals surface area contributed by atoms with Crippen LogP contribution < -0.4 is 5.32 Å². The van der Waals surface area contributed by atoms with Crippen molar-refractivity contribution in [1.29, 1.82) is 0 Å². The Labute approximate surface area is 215 Å². The van der Waals surface area contributed by atoms with Gasteiger partial charge in [0, 0.05) is 28.0 Å². The molecule has 7 heteroatoms. The van der Waals surface area contributed by atoms with Crippen LogP contribution in [0, 0.1) is 11.8 Å². The molecule has 1 saturated carbocycles. The molecular weight excluding hydrogens is 474 g/mol. The molecule has 0 unspecified atom stereocenters. The number of benzene rings is 2. The van der Waals surface area contributed by atoms with Crippen molar-refractivity contribution in [3.8, 4) is 0 Å². The average molecular weight is 504 g/mol. The van der Waals surface area contributed by atoms with Gasteiger partial charge in [0.1, 0.15) is 0 Å². The van der Waals surface area contributed by atoms with Crippen LogP contribution >= 0.6 is 11.6 Å². The number of carbonyl (C=O) groups excluding carboxylic acids is 2. The predicted molar refractivity (Wildman–Crippen MR) is 142 cm³/mol. The van der Waals surface area contributed by atoms with Crippen LogP contribution in [-0.2, 0) is 16.1 Å². The maximum absolute atomic E-state index is 13.5. The van der Waals surface area contributed by atoms with E-state index in [2.05, 4.69) is 16.0 Å². The number of carbonyl (C=O) groups is 2. The number of para-hydroxylation sites is 1.